The zero-order valence-electron chi connectivity index (χ0n) is 10.4. The molecule has 0 unspecified atom stereocenters. The van der Waals surface area contributed by atoms with Gasteiger partial charge in [-0.15, -0.1) is 11.3 Å². The number of anilines is 1. The van der Waals surface area contributed by atoms with Gasteiger partial charge in [0, 0.05) is 5.69 Å². The van der Waals surface area contributed by atoms with Crippen LogP contribution in [0.4, 0.5) is 23.7 Å². The lowest BCUT2D eigenvalue weighted by Gasteiger charge is -2.10. The van der Waals surface area contributed by atoms with Gasteiger partial charge >= 0.3 is 12.2 Å². The second-order valence-electron chi connectivity index (χ2n) is 3.96. The Hall–Kier alpha value is -2.35. The first-order valence-corrected chi connectivity index (χ1v) is 6.57. The molecule has 8 heteroatoms. The quantitative estimate of drug-likeness (QED) is 0.887. The number of urea groups is 1. The zero-order valence-corrected chi connectivity index (χ0v) is 11.2. The van der Waals surface area contributed by atoms with Crippen molar-refractivity contribution in [3.63, 3.8) is 0 Å². The van der Waals surface area contributed by atoms with Gasteiger partial charge in [-0.2, -0.15) is 13.2 Å². The molecule has 0 aliphatic rings. The summed E-state index contributed by atoms with van der Waals surface area (Å²) >= 11 is 1.14. The minimum atomic E-state index is -4.50. The highest BCUT2D eigenvalue weighted by molar-refractivity contribution is 7.12. The van der Waals surface area contributed by atoms with Gasteiger partial charge in [0.15, 0.2) is 0 Å². The molecule has 2 N–H and O–H groups in total. The summed E-state index contributed by atoms with van der Waals surface area (Å²) in [6, 6.07) is 6.41. The van der Waals surface area contributed by atoms with E-state index in [2.05, 4.69) is 5.32 Å². The average Bonchev–Trinajstić information content (AvgIpc) is 2.91. The van der Waals surface area contributed by atoms with E-state index < -0.39 is 23.7 Å². The molecule has 0 aliphatic heterocycles. The largest absolute Gasteiger partial charge is 0.416 e. The van der Waals surface area contributed by atoms with Crippen LogP contribution in [-0.2, 0) is 6.18 Å². The fourth-order valence-electron chi connectivity index (χ4n) is 1.51. The Labute approximate surface area is 121 Å². The highest BCUT2D eigenvalue weighted by Gasteiger charge is 2.30. The van der Waals surface area contributed by atoms with Crippen molar-refractivity contribution in [1.29, 1.82) is 0 Å². The third-order valence-electron chi connectivity index (χ3n) is 2.42. The summed E-state index contributed by atoms with van der Waals surface area (Å²) in [5, 5.41) is 5.88. The first kappa shape index (κ1) is 15.0. The fourth-order valence-corrected chi connectivity index (χ4v) is 2.13. The molecule has 1 heterocycles. The Balaban J connectivity index is 2.02. The molecule has 1 aromatic carbocycles. The minimum Gasteiger partial charge on any atom is -0.308 e. The van der Waals surface area contributed by atoms with E-state index in [9.17, 15) is 22.8 Å². The third-order valence-corrected chi connectivity index (χ3v) is 3.29. The number of nitrogens with one attached hydrogen (secondary N) is 2. The molecule has 3 amide bonds. The van der Waals surface area contributed by atoms with Crippen LogP contribution in [0.1, 0.15) is 15.2 Å². The predicted octanol–water partition coefficient (Wildman–Crippen LogP) is 3.73. The van der Waals surface area contributed by atoms with Crippen LogP contribution in [0.5, 0.6) is 0 Å². The van der Waals surface area contributed by atoms with Crippen LogP contribution >= 0.6 is 11.3 Å². The van der Waals surface area contributed by atoms with E-state index in [0.29, 0.717) is 4.88 Å². The molecule has 0 bridgehead atoms. The van der Waals surface area contributed by atoms with Gasteiger partial charge in [0.25, 0.3) is 5.91 Å². The minimum absolute atomic E-state index is 0.0543. The Kier molecular flexibility index (Phi) is 4.27. The van der Waals surface area contributed by atoms with Crippen molar-refractivity contribution in [2.45, 2.75) is 6.18 Å². The molecule has 0 aliphatic carbocycles. The van der Waals surface area contributed by atoms with E-state index in [4.69, 9.17) is 0 Å². The number of hydrogen-bond donors (Lipinski definition) is 2. The molecule has 4 nitrogen and oxygen atoms in total. The number of carbonyl (C=O) groups excluding carboxylic acids is 2. The normalized spacial score (nSPS) is 11.0. The second-order valence-corrected chi connectivity index (χ2v) is 4.91. The molecule has 0 fully saturated rings. The van der Waals surface area contributed by atoms with Gasteiger partial charge in [0.2, 0.25) is 0 Å². The summed E-state index contributed by atoms with van der Waals surface area (Å²) in [7, 11) is 0. The molecule has 21 heavy (non-hydrogen) atoms. The molecule has 0 saturated carbocycles. The first-order valence-electron chi connectivity index (χ1n) is 5.69. The zero-order chi connectivity index (χ0) is 15.5. The van der Waals surface area contributed by atoms with Gasteiger partial charge in [-0.05, 0) is 29.6 Å². The average molecular weight is 314 g/mol. The van der Waals surface area contributed by atoms with Crippen molar-refractivity contribution in [3.8, 4) is 0 Å². The summed E-state index contributed by atoms with van der Waals surface area (Å²) in [5.74, 6) is -0.616. The number of carbonyl (C=O) groups is 2. The van der Waals surface area contributed by atoms with Crippen LogP contribution < -0.4 is 10.6 Å². The Morgan fingerprint density at radius 2 is 1.86 bits per heavy atom. The standard InChI is InChI=1S/C13H9F3N2O2S/c14-13(15,16)8-3-1-4-9(7-8)17-12(20)18-11(19)10-5-2-6-21-10/h1-7H,(H2,17,18,19,20). The van der Waals surface area contributed by atoms with Crippen LogP contribution in [0.2, 0.25) is 0 Å². The van der Waals surface area contributed by atoms with Crippen LogP contribution in [-0.4, -0.2) is 11.9 Å². The molecule has 0 radical (unpaired) electrons. The van der Waals surface area contributed by atoms with Crippen molar-refractivity contribution in [3.05, 3.63) is 52.2 Å². The number of benzene rings is 1. The van der Waals surface area contributed by atoms with Gasteiger partial charge < -0.3 is 5.32 Å². The topological polar surface area (TPSA) is 58.2 Å². The highest BCUT2D eigenvalue weighted by atomic mass is 32.1. The molecule has 0 spiro atoms. The van der Waals surface area contributed by atoms with E-state index in [1.54, 1.807) is 11.4 Å². The second kappa shape index (κ2) is 5.96. The summed E-state index contributed by atoms with van der Waals surface area (Å²) in [6.45, 7) is 0. The summed E-state index contributed by atoms with van der Waals surface area (Å²) in [4.78, 5) is 23.5. The maximum absolute atomic E-state index is 12.5. The van der Waals surface area contributed by atoms with Crippen LogP contribution in [0.25, 0.3) is 0 Å². The predicted molar refractivity (Wildman–Crippen MR) is 72.2 cm³/mol. The molecule has 1 aromatic heterocycles. The monoisotopic (exact) mass is 314 g/mol. The van der Waals surface area contributed by atoms with Crippen molar-refractivity contribution in [1.82, 2.24) is 5.32 Å². The maximum Gasteiger partial charge on any atom is 0.416 e. The van der Waals surface area contributed by atoms with Crippen LogP contribution in [0.3, 0.4) is 0 Å². The van der Waals surface area contributed by atoms with Gasteiger partial charge in [-0.25, -0.2) is 4.79 Å². The Morgan fingerprint density at radius 3 is 2.48 bits per heavy atom. The lowest BCUT2D eigenvalue weighted by molar-refractivity contribution is -0.137. The maximum atomic E-state index is 12.5. The van der Waals surface area contributed by atoms with Crippen molar-refractivity contribution >= 4 is 29.0 Å². The van der Waals surface area contributed by atoms with E-state index in [1.807, 2.05) is 5.32 Å². The Morgan fingerprint density at radius 1 is 1.10 bits per heavy atom. The summed E-state index contributed by atoms with van der Waals surface area (Å²) in [5.41, 5.74) is -0.939. The van der Waals surface area contributed by atoms with Crippen molar-refractivity contribution in [2.24, 2.45) is 0 Å². The van der Waals surface area contributed by atoms with Crippen LogP contribution in [0.15, 0.2) is 41.8 Å². The number of amides is 3. The molecular weight excluding hydrogens is 305 g/mol. The summed E-state index contributed by atoms with van der Waals surface area (Å²) < 4.78 is 37.6. The highest BCUT2D eigenvalue weighted by Crippen LogP contribution is 2.30. The van der Waals surface area contributed by atoms with E-state index in [0.717, 1.165) is 23.5 Å². The SMILES string of the molecule is O=C(NC(=O)c1cccs1)Nc1cccc(C(F)(F)F)c1. The number of hydrogen-bond acceptors (Lipinski definition) is 3. The van der Waals surface area contributed by atoms with E-state index >= 15 is 0 Å². The number of halogens is 3. The van der Waals surface area contributed by atoms with Crippen LogP contribution in [0, 0.1) is 0 Å². The third kappa shape index (κ3) is 4.06. The van der Waals surface area contributed by atoms with Gasteiger partial charge in [0.05, 0.1) is 10.4 Å². The first-order chi connectivity index (χ1) is 9.86. The molecule has 2 rings (SSSR count). The number of rotatable bonds is 2. The number of imide groups is 1. The van der Waals surface area contributed by atoms with Gasteiger partial charge in [0.1, 0.15) is 0 Å². The fraction of sp³-hybridized carbons (Fsp3) is 0.0769. The van der Waals surface area contributed by atoms with Gasteiger partial charge in [-0.1, -0.05) is 12.1 Å². The molecule has 2 aromatic rings. The van der Waals surface area contributed by atoms with Crippen molar-refractivity contribution < 1.29 is 22.8 Å². The van der Waals surface area contributed by atoms with E-state index in [-0.39, 0.29) is 5.69 Å². The smallest absolute Gasteiger partial charge is 0.308 e. The molecule has 0 saturated heterocycles. The lowest BCUT2D eigenvalue weighted by atomic mass is 10.2. The lowest BCUT2D eigenvalue weighted by Crippen LogP contribution is -2.33. The molecular formula is C13H9F3N2O2S. The Bertz CT molecular complexity index is 654. The number of thiophene rings is 1. The van der Waals surface area contributed by atoms with Gasteiger partial charge in [-0.3, -0.25) is 10.1 Å². The molecule has 0 atom stereocenters. The molecule has 110 valence electrons. The number of alkyl halides is 3. The summed E-state index contributed by atoms with van der Waals surface area (Å²) in [6.07, 6.45) is -4.50. The van der Waals surface area contributed by atoms with Crippen molar-refractivity contribution in [2.75, 3.05) is 5.32 Å². The van der Waals surface area contributed by atoms with E-state index in [1.165, 1.54) is 18.2 Å².